The fourth-order valence-corrected chi connectivity index (χ4v) is 2.96. The second-order valence-electron chi connectivity index (χ2n) is 4.79. The third-order valence-electron chi connectivity index (χ3n) is 2.89. The first-order chi connectivity index (χ1) is 10.2. The lowest BCUT2D eigenvalue weighted by Gasteiger charge is -2.05. The molecule has 0 atom stereocenters. The number of aliphatic hydroxyl groups excluding tert-OH is 1. The Balaban J connectivity index is 1.98. The van der Waals surface area contributed by atoms with E-state index in [1.807, 2.05) is 6.07 Å². The summed E-state index contributed by atoms with van der Waals surface area (Å²) in [7, 11) is 0. The van der Waals surface area contributed by atoms with Crippen molar-refractivity contribution in [3.05, 3.63) is 70.5 Å². The van der Waals surface area contributed by atoms with Crippen LogP contribution in [0.25, 0.3) is 0 Å². The average Bonchev–Trinajstić information content (AvgIpc) is 2.45. The maximum atomic E-state index is 13.5. The summed E-state index contributed by atoms with van der Waals surface area (Å²) in [6.45, 7) is 1.86. The third kappa shape index (κ3) is 5.26. The summed E-state index contributed by atoms with van der Waals surface area (Å²) < 4.78 is 13.5. The Hall–Kier alpha value is -1.76. The number of aliphatic hydroxyl groups is 1. The number of hydrogen-bond donors (Lipinski definition) is 1. The lowest BCUT2D eigenvalue weighted by Crippen LogP contribution is -1.88. The summed E-state index contributed by atoms with van der Waals surface area (Å²) in [6, 6.07) is 13.2. The molecular formula is C18H17FOS. The first kappa shape index (κ1) is 15.6. The van der Waals surface area contributed by atoms with E-state index >= 15 is 0 Å². The van der Waals surface area contributed by atoms with Crippen LogP contribution in [0.1, 0.15) is 22.3 Å². The van der Waals surface area contributed by atoms with Crippen LogP contribution >= 0.6 is 11.8 Å². The SMILES string of the molecule is Cc1cccc(CSCc2cc(F)cc(C#CCO)c2)c1. The van der Waals surface area contributed by atoms with Crippen LogP contribution in [0.5, 0.6) is 0 Å². The number of thioether (sulfide) groups is 1. The van der Waals surface area contributed by atoms with E-state index in [1.165, 1.54) is 23.3 Å². The molecule has 0 aliphatic rings. The molecule has 0 fully saturated rings. The van der Waals surface area contributed by atoms with Gasteiger partial charge in [-0.2, -0.15) is 11.8 Å². The molecule has 1 nitrogen and oxygen atoms in total. The van der Waals surface area contributed by atoms with Crippen molar-refractivity contribution in [3.8, 4) is 11.8 Å². The molecule has 3 heteroatoms. The molecule has 2 aromatic rings. The fourth-order valence-electron chi connectivity index (χ4n) is 2.04. The quantitative estimate of drug-likeness (QED) is 0.864. The van der Waals surface area contributed by atoms with Crippen LogP contribution in [0.15, 0.2) is 42.5 Å². The zero-order valence-corrected chi connectivity index (χ0v) is 12.7. The van der Waals surface area contributed by atoms with Crippen LogP contribution in [-0.4, -0.2) is 11.7 Å². The molecular weight excluding hydrogens is 283 g/mol. The van der Waals surface area contributed by atoms with Crippen LogP contribution < -0.4 is 0 Å². The van der Waals surface area contributed by atoms with E-state index in [0.29, 0.717) is 5.56 Å². The van der Waals surface area contributed by atoms with Crippen molar-refractivity contribution in [1.82, 2.24) is 0 Å². The van der Waals surface area contributed by atoms with Gasteiger partial charge in [-0.1, -0.05) is 41.7 Å². The molecule has 1 N–H and O–H groups in total. The second-order valence-corrected chi connectivity index (χ2v) is 5.78. The number of hydrogen-bond acceptors (Lipinski definition) is 2. The van der Waals surface area contributed by atoms with Crippen LogP contribution in [0.3, 0.4) is 0 Å². The standard InChI is InChI=1S/C18H17FOS/c1-14-4-2-5-16(8-14)12-21-13-17-9-15(6-3-7-20)10-18(19)11-17/h2,4-5,8-11,20H,7,12-13H2,1H3. The summed E-state index contributed by atoms with van der Waals surface area (Å²) in [5, 5.41) is 8.68. The summed E-state index contributed by atoms with van der Waals surface area (Å²) in [6.07, 6.45) is 0. The summed E-state index contributed by atoms with van der Waals surface area (Å²) in [5.74, 6) is 6.63. The minimum atomic E-state index is -0.286. The first-order valence-electron chi connectivity index (χ1n) is 6.70. The molecule has 2 aromatic carbocycles. The van der Waals surface area contributed by atoms with E-state index in [4.69, 9.17) is 5.11 Å². The maximum Gasteiger partial charge on any atom is 0.124 e. The minimum absolute atomic E-state index is 0.214. The Labute approximate surface area is 129 Å². The van der Waals surface area contributed by atoms with Crippen molar-refractivity contribution in [2.75, 3.05) is 6.61 Å². The third-order valence-corrected chi connectivity index (χ3v) is 3.96. The molecule has 0 heterocycles. The van der Waals surface area contributed by atoms with Crippen LogP contribution in [0.2, 0.25) is 0 Å². The molecule has 2 rings (SSSR count). The number of aryl methyl sites for hydroxylation is 1. The zero-order valence-electron chi connectivity index (χ0n) is 11.9. The fraction of sp³-hybridized carbons (Fsp3) is 0.222. The summed E-state index contributed by atoms with van der Waals surface area (Å²) >= 11 is 1.75. The highest BCUT2D eigenvalue weighted by molar-refractivity contribution is 7.97. The highest BCUT2D eigenvalue weighted by atomic mass is 32.2. The molecule has 0 unspecified atom stereocenters. The van der Waals surface area contributed by atoms with Crippen LogP contribution in [0, 0.1) is 24.6 Å². The highest BCUT2D eigenvalue weighted by Crippen LogP contribution is 2.20. The molecule has 0 amide bonds. The second kappa shape index (κ2) is 7.87. The smallest absolute Gasteiger partial charge is 0.124 e. The Morgan fingerprint density at radius 3 is 2.67 bits per heavy atom. The average molecular weight is 300 g/mol. The van der Waals surface area contributed by atoms with Gasteiger partial charge in [-0.05, 0) is 36.2 Å². The first-order valence-corrected chi connectivity index (χ1v) is 7.85. The topological polar surface area (TPSA) is 20.2 Å². The summed E-state index contributed by atoms with van der Waals surface area (Å²) in [5.41, 5.74) is 4.04. The lowest BCUT2D eigenvalue weighted by atomic mass is 10.1. The van der Waals surface area contributed by atoms with E-state index < -0.39 is 0 Å². The number of rotatable bonds is 4. The predicted octanol–water partition coefficient (Wildman–Crippen LogP) is 3.91. The van der Waals surface area contributed by atoms with Crippen LogP contribution in [-0.2, 0) is 11.5 Å². The monoisotopic (exact) mass is 300 g/mol. The van der Waals surface area contributed by atoms with Gasteiger partial charge in [0.05, 0.1) is 0 Å². The maximum absolute atomic E-state index is 13.5. The van der Waals surface area contributed by atoms with E-state index in [0.717, 1.165) is 17.1 Å². The largest absolute Gasteiger partial charge is 0.384 e. The Morgan fingerprint density at radius 2 is 1.90 bits per heavy atom. The molecule has 0 radical (unpaired) electrons. The molecule has 21 heavy (non-hydrogen) atoms. The highest BCUT2D eigenvalue weighted by Gasteiger charge is 2.01. The summed E-state index contributed by atoms with van der Waals surface area (Å²) in [4.78, 5) is 0. The van der Waals surface area contributed by atoms with Gasteiger partial charge in [-0.3, -0.25) is 0 Å². The molecule has 0 aromatic heterocycles. The van der Waals surface area contributed by atoms with Gasteiger partial charge in [-0.15, -0.1) is 0 Å². The number of benzene rings is 2. The van der Waals surface area contributed by atoms with Gasteiger partial charge in [0.2, 0.25) is 0 Å². The van der Waals surface area contributed by atoms with Crippen molar-refractivity contribution in [2.24, 2.45) is 0 Å². The predicted molar refractivity (Wildman–Crippen MR) is 86.5 cm³/mol. The van der Waals surface area contributed by atoms with E-state index in [1.54, 1.807) is 11.8 Å². The molecule has 0 saturated heterocycles. The van der Waals surface area contributed by atoms with Crippen molar-refractivity contribution in [2.45, 2.75) is 18.4 Å². The molecule has 108 valence electrons. The van der Waals surface area contributed by atoms with Gasteiger partial charge >= 0.3 is 0 Å². The molecule has 0 aliphatic heterocycles. The van der Waals surface area contributed by atoms with Crippen molar-refractivity contribution in [3.63, 3.8) is 0 Å². The van der Waals surface area contributed by atoms with E-state index in [9.17, 15) is 4.39 Å². The minimum Gasteiger partial charge on any atom is -0.384 e. The van der Waals surface area contributed by atoms with Gasteiger partial charge < -0.3 is 5.11 Å². The van der Waals surface area contributed by atoms with Gasteiger partial charge in [-0.25, -0.2) is 4.39 Å². The van der Waals surface area contributed by atoms with Crippen molar-refractivity contribution in [1.29, 1.82) is 0 Å². The Kier molecular flexibility index (Phi) is 5.86. The van der Waals surface area contributed by atoms with Gasteiger partial charge in [0.25, 0.3) is 0 Å². The zero-order chi connectivity index (χ0) is 15.1. The Morgan fingerprint density at radius 1 is 1.10 bits per heavy atom. The van der Waals surface area contributed by atoms with Gasteiger partial charge in [0.15, 0.2) is 0 Å². The molecule has 0 spiro atoms. The molecule has 0 saturated carbocycles. The van der Waals surface area contributed by atoms with Crippen LogP contribution in [0.4, 0.5) is 4.39 Å². The Bertz CT molecular complexity index is 670. The van der Waals surface area contributed by atoms with E-state index in [2.05, 4.69) is 43.0 Å². The van der Waals surface area contributed by atoms with Gasteiger partial charge in [0.1, 0.15) is 12.4 Å². The molecule has 0 bridgehead atoms. The van der Waals surface area contributed by atoms with E-state index in [-0.39, 0.29) is 12.4 Å². The lowest BCUT2D eigenvalue weighted by molar-refractivity contribution is 0.350. The van der Waals surface area contributed by atoms with Crippen molar-refractivity contribution < 1.29 is 9.50 Å². The van der Waals surface area contributed by atoms with Crippen molar-refractivity contribution >= 4 is 11.8 Å². The normalized spacial score (nSPS) is 10.0. The number of halogens is 1. The molecule has 0 aliphatic carbocycles. The van der Waals surface area contributed by atoms with Gasteiger partial charge in [0, 0.05) is 17.1 Å².